The minimum atomic E-state index is -3.71. The Bertz CT molecular complexity index is 4160. The zero-order valence-electron chi connectivity index (χ0n) is 40.1. The van der Waals surface area contributed by atoms with E-state index in [-0.39, 0.29) is 92.5 Å². The average molecular weight is 1080 g/mol. The maximum atomic E-state index is 13.6. The van der Waals surface area contributed by atoms with Crippen molar-refractivity contribution >= 4 is 60.6 Å². The summed E-state index contributed by atoms with van der Waals surface area (Å²) in [5.74, 6) is -3.97. The first-order chi connectivity index (χ1) is 36.8. The van der Waals surface area contributed by atoms with E-state index in [9.17, 15) is 44.8 Å². The number of hydrogen-bond donors (Lipinski definition) is 4. The van der Waals surface area contributed by atoms with E-state index >= 15 is 0 Å². The minimum absolute atomic E-state index is 0.00595. The summed E-state index contributed by atoms with van der Waals surface area (Å²) in [5.41, 5.74) is 4.03. The SMILES string of the molecule is Cc1cc(CNC(=O)c2cc(C(=O)NC3CS(=O)(=O)c4cc(C#N)ccc43)n3ncnc3n2)ccc1F.Cc1cc(CNC(=O)c2cc(C(=O)NC3CS(=O)(=O)c4cc(C5=NN=NC5)ccc43)n3ncnc3n2)ccc1F. The highest BCUT2D eigenvalue weighted by atomic mass is 32.2. The number of halogens is 2. The summed E-state index contributed by atoms with van der Waals surface area (Å²) in [6.45, 7) is 3.70. The van der Waals surface area contributed by atoms with Crippen LogP contribution in [0.5, 0.6) is 0 Å². The normalized spacial score (nSPS) is 16.4. The number of hydrogen-bond acceptors (Lipinski definition) is 18. The van der Waals surface area contributed by atoms with Gasteiger partial charge in [-0.2, -0.15) is 39.6 Å². The first-order valence-electron chi connectivity index (χ1n) is 23.0. The lowest BCUT2D eigenvalue weighted by Crippen LogP contribution is -2.32. The van der Waals surface area contributed by atoms with Crippen molar-refractivity contribution in [3.63, 3.8) is 0 Å². The van der Waals surface area contributed by atoms with Gasteiger partial charge in [0.1, 0.15) is 53.6 Å². The molecule has 0 aliphatic carbocycles. The number of nitrogens with one attached hydrogen (secondary N) is 4. The van der Waals surface area contributed by atoms with Gasteiger partial charge >= 0.3 is 0 Å². The predicted molar refractivity (Wildman–Crippen MR) is 265 cm³/mol. The Morgan fingerprint density at radius 3 is 1.61 bits per heavy atom. The second-order valence-electron chi connectivity index (χ2n) is 17.7. The molecular formula is C49H38F2N16O8S2. The van der Waals surface area contributed by atoms with Crippen LogP contribution in [0.4, 0.5) is 8.78 Å². The number of aromatic nitrogens is 8. The number of rotatable bonds is 11. The Balaban J connectivity index is 0.000000175. The molecule has 3 aliphatic heterocycles. The number of nitrogens with zero attached hydrogens (tertiary/aromatic N) is 12. The molecule has 0 spiro atoms. The molecule has 28 heteroatoms. The first kappa shape index (κ1) is 50.9. The lowest BCUT2D eigenvalue weighted by molar-refractivity contribution is 0.0920. The van der Waals surface area contributed by atoms with Crippen LogP contribution in [0.25, 0.3) is 11.6 Å². The summed E-state index contributed by atoms with van der Waals surface area (Å²) in [7, 11) is -7.40. The van der Waals surface area contributed by atoms with Gasteiger partial charge in [-0.1, -0.05) is 42.5 Å². The number of nitriles is 1. The van der Waals surface area contributed by atoms with Gasteiger partial charge in [-0.05, 0) is 82.8 Å². The van der Waals surface area contributed by atoms with Crippen molar-refractivity contribution in [1.82, 2.24) is 60.4 Å². The van der Waals surface area contributed by atoms with E-state index in [0.717, 1.165) is 9.03 Å². The minimum Gasteiger partial charge on any atom is -0.347 e. The van der Waals surface area contributed by atoms with Gasteiger partial charge in [0.05, 0.1) is 50.7 Å². The molecule has 4 aromatic carbocycles. The molecule has 7 heterocycles. The van der Waals surface area contributed by atoms with Crippen LogP contribution in [0.2, 0.25) is 0 Å². The molecular weight excluding hydrogens is 1040 g/mol. The second kappa shape index (κ2) is 20.2. The van der Waals surface area contributed by atoms with E-state index in [0.29, 0.717) is 44.7 Å². The van der Waals surface area contributed by atoms with Gasteiger partial charge in [0, 0.05) is 30.8 Å². The Kier molecular flexibility index (Phi) is 13.4. The highest BCUT2D eigenvalue weighted by Crippen LogP contribution is 2.36. The van der Waals surface area contributed by atoms with Crippen LogP contribution in [-0.2, 0) is 32.8 Å². The average Bonchev–Trinajstić information content (AvgIpc) is 4.36. The molecule has 24 nitrogen and oxygen atoms in total. The molecule has 0 radical (unpaired) electrons. The van der Waals surface area contributed by atoms with E-state index in [1.807, 2.05) is 6.07 Å². The second-order valence-corrected chi connectivity index (χ2v) is 21.7. The molecule has 388 valence electrons. The van der Waals surface area contributed by atoms with Crippen LogP contribution >= 0.6 is 0 Å². The number of carbonyl (C=O) groups excluding carboxylic acids is 4. The van der Waals surface area contributed by atoms with Crippen molar-refractivity contribution in [2.75, 3.05) is 18.1 Å². The number of amides is 4. The Labute approximate surface area is 434 Å². The van der Waals surface area contributed by atoms with Crippen molar-refractivity contribution < 1.29 is 44.8 Å². The van der Waals surface area contributed by atoms with Crippen molar-refractivity contribution in [3.05, 3.63) is 177 Å². The smallest absolute Gasteiger partial charge is 0.270 e. The number of sulfone groups is 2. The Morgan fingerprint density at radius 1 is 0.649 bits per heavy atom. The summed E-state index contributed by atoms with van der Waals surface area (Å²) in [4.78, 5) is 68.7. The third-order valence-corrected chi connectivity index (χ3v) is 16.1. The van der Waals surface area contributed by atoms with Crippen molar-refractivity contribution in [2.24, 2.45) is 15.4 Å². The largest absolute Gasteiger partial charge is 0.347 e. The fraction of sp³-hybridized carbons (Fsp3) is 0.184. The maximum absolute atomic E-state index is 13.6. The molecule has 4 amide bonds. The molecule has 0 saturated carbocycles. The third-order valence-electron chi connectivity index (χ3n) is 12.5. The maximum Gasteiger partial charge on any atom is 0.270 e. The molecule has 77 heavy (non-hydrogen) atoms. The first-order valence-corrected chi connectivity index (χ1v) is 26.3. The zero-order valence-corrected chi connectivity index (χ0v) is 41.8. The van der Waals surface area contributed by atoms with Gasteiger partial charge in [-0.3, -0.25) is 19.2 Å². The third kappa shape index (κ3) is 10.3. The fourth-order valence-electron chi connectivity index (χ4n) is 8.66. The molecule has 0 saturated heterocycles. The van der Waals surface area contributed by atoms with E-state index in [1.165, 1.54) is 61.2 Å². The van der Waals surface area contributed by atoms with E-state index < -0.39 is 55.4 Å². The van der Waals surface area contributed by atoms with Gasteiger partial charge in [-0.25, -0.2) is 35.6 Å². The van der Waals surface area contributed by atoms with Crippen LogP contribution < -0.4 is 21.3 Å². The standard InChI is InChI=1S/C25H20FN9O4S.C24H18FN7O4S/c1-13-6-14(2-5-17(13)26)9-27-23(36)18-8-21(35-25(32-18)28-12-30-35)24(37)31-20-11-40(38,39)22-7-15(3-4-16(20)22)19-10-29-34-33-19;1-13-6-15(3-5-17(13)25)10-27-22(33)18-8-20(32-24(31-18)28-12-29-32)23(34)30-19-11-37(35,36)21-7-14(9-26)2-4-16(19)21/h2-8,12,20H,9-11H2,1H3,(H,27,36)(H,31,37);2-8,12,19H,10-11H2,1H3,(H,27,33)(H,30,34). The van der Waals surface area contributed by atoms with Gasteiger partial charge < -0.3 is 21.3 Å². The number of benzene rings is 4. The van der Waals surface area contributed by atoms with Crippen molar-refractivity contribution in [2.45, 2.75) is 48.8 Å². The topological polar surface area (TPSA) is 332 Å². The van der Waals surface area contributed by atoms with Crippen molar-refractivity contribution in [3.8, 4) is 6.07 Å². The lowest BCUT2D eigenvalue weighted by atomic mass is 10.0. The number of fused-ring (bicyclic) bond motifs is 4. The van der Waals surface area contributed by atoms with E-state index in [4.69, 9.17) is 5.26 Å². The summed E-state index contributed by atoms with van der Waals surface area (Å²) >= 11 is 0. The molecule has 8 aromatic rings. The summed E-state index contributed by atoms with van der Waals surface area (Å²) in [6.07, 6.45) is 2.35. The van der Waals surface area contributed by atoms with Crippen LogP contribution in [0.1, 0.15) is 98.5 Å². The summed E-state index contributed by atoms with van der Waals surface area (Å²) < 4.78 is 80.5. The molecule has 2 unspecified atom stereocenters. The summed E-state index contributed by atoms with van der Waals surface area (Å²) in [5, 5.41) is 39.2. The fourth-order valence-corrected chi connectivity index (χ4v) is 12.2. The highest BCUT2D eigenvalue weighted by molar-refractivity contribution is 7.92. The molecule has 4 N–H and O–H groups in total. The van der Waals surface area contributed by atoms with Gasteiger partial charge in [-0.15, -0.1) is 5.10 Å². The van der Waals surface area contributed by atoms with E-state index in [1.54, 1.807) is 50.2 Å². The molecule has 3 aliphatic rings. The lowest BCUT2D eigenvalue weighted by Gasteiger charge is -2.14. The van der Waals surface area contributed by atoms with Gasteiger partial charge in [0.2, 0.25) is 0 Å². The highest BCUT2D eigenvalue weighted by Gasteiger charge is 2.38. The predicted octanol–water partition coefficient (Wildman–Crippen LogP) is 3.56. The number of carbonyl (C=O) groups is 4. The molecule has 2 atom stereocenters. The Hall–Kier alpha value is -9.62. The van der Waals surface area contributed by atoms with Crippen LogP contribution in [0, 0.1) is 36.8 Å². The van der Waals surface area contributed by atoms with Crippen LogP contribution in [0.3, 0.4) is 0 Å². The van der Waals surface area contributed by atoms with Crippen molar-refractivity contribution in [1.29, 1.82) is 5.26 Å². The van der Waals surface area contributed by atoms with Gasteiger partial charge in [0.15, 0.2) is 19.7 Å². The zero-order chi connectivity index (χ0) is 54.3. The van der Waals surface area contributed by atoms with Crippen LogP contribution in [0.15, 0.2) is 123 Å². The monoisotopic (exact) mass is 1080 g/mol. The quantitative estimate of drug-likeness (QED) is 0.144. The summed E-state index contributed by atoms with van der Waals surface area (Å²) in [6, 6.07) is 20.7. The van der Waals surface area contributed by atoms with E-state index in [2.05, 4.69) is 66.8 Å². The van der Waals surface area contributed by atoms with Gasteiger partial charge in [0.25, 0.3) is 35.2 Å². The molecule has 11 rings (SSSR count). The molecule has 0 bridgehead atoms. The van der Waals surface area contributed by atoms with Crippen LogP contribution in [-0.4, -0.2) is 103 Å². The molecule has 0 fully saturated rings. The Morgan fingerprint density at radius 2 is 1.14 bits per heavy atom. The number of aryl methyl sites for hydroxylation is 2. The molecule has 4 aromatic heterocycles.